The van der Waals surface area contributed by atoms with Crippen molar-refractivity contribution in [1.29, 1.82) is 0 Å². The molecular weight excluding hydrogens is 489 g/mol. The first kappa shape index (κ1) is 26.3. The number of anilines is 2. The van der Waals surface area contributed by atoms with Gasteiger partial charge in [0.05, 0.1) is 11.0 Å². The lowest BCUT2D eigenvalue weighted by atomic mass is 9.70. The van der Waals surface area contributed by atoms with Gasteiger partial charge in [0.2, 0.25) is 5.95 Å². The van der Waals surface area contributed by atoms with E-state index in [0.29, 0.717) is 23.1 Å². The molecule has 1 amide bonds. The lowest BCUT2D eigenvalue weighted by Gasteiger charge is -2.40. The summed E-state index contributed by atoms with van der Waals surface area (Å²) >= 11 is 0. The third kappa shape index (κ3) is 6.52. The minimum Gasteiger partial charge on any atom is -0.480 e. The van der Waals surface area contributed by atoms with E-state index < -0.39 is 24.8 Å². The molecule has 3 N–H and O–H groups in total. The zero-order valence-electron chi connectivity index (χ0n) is 20.7. The van der Waals surface area contributed by atoms with E-state index in [-0.39, 0.29) is 22.8 Å². The number of carbonyl (C=O) groups is 2. The van der Waals surface area contributed by atoms with Crippen LogP contribution < -0.4 is 15.4 Å². The van der Waals surface area contributed by atoms with Gasteiger partial charge in [-0.05, 0) is 73.1 Å². The van der Waals surface area contributed by atoms with Crippen molar-refractivity contribution in [3.8, 4) is 5.75 Å². The highest BCUT2D eigenvalue weighted by atomic mass is 19.4. The van der Waals surface area contributed by atoms with Gasteiger partial charge in [0.1, 0.15) is 12.3 Å². The summed E-state index contributed by atoms with van der Waals surface area (Å²) in [6.45, 7) is 6.17. The fraction of sp³-hybridized carbons (Fsp3) is 0.423. The molecular formula is C26H29F3N4O4. The van der Waals surface area contributed by atoms with Gasteiger partial charge in [0, 0.05) is 17.3 Å². The molecule has 0 unspecified atom stereocenters. The van der Waals surface area contributed by atoms with Crippen LogP contribution in [0.15, 0.2) is 42.5 Å². The zero-order chi connectivity index (χ0) is 27.0. The van der Waals surface area contributed by atoms with Crippen LogP contribution in [0.3, 0.4) is 0 Å². The number of rotatable bonds is 7. The molecule has 1 fully saturated rings. The van der Waals surface area contributed by atoms with Crippen molar-refractivity contribution in [3.05, 3.63) is 48.0 Å². The van der Waals surface area contributed by atoms with E-state index in [1.165, 1.54) is 24.3 Å². The molecule has 1 heterocycles. The maximum atomic E-state index is 12.5. The number of halogens is 3. The largest absolute Gasteiger partial charge is 0.573 e. The number of aromatic nitrogens is 2. The SMILES string of the molecule is C[C@@H]1C[C@H](n2c(Nc3ccc(OC(F)(F)F)cc3)nc3cc(C(=O)NCC(=O)O)ccc32)CC(C)(C)C1. The van der Waals surface area contributed by atoms with E-state index in [9.17, 15) is 22.8 Å². The van der Waals surface area contributed by atoms with Crippen LogP contribution in [0, 0.1) is 11.3 Å². The number of imidazole rings is 1. The van der Waals surface area contributed by atoms with Crippen LogP contribution in [0.4, 0.5) is 24.8 Å². The van der Waals surface area contributed by atoms with Crippen molar-refractivity contribution in [2.24, 2.45) is 11.3 Å². The van der Waals surface area contributed by atoms with Crippen molar-refractivity contribution < 1.29 is 32.6 Å². The average molecular weight is 519 g/mol. The molecule has 1 aliphatic rings. The van der Waals surface area contributed by atoms with Crippen molar-refractivity contribution in [1.82, 2.24) is 14.9 Å². The lowest BCUT2D eigenvalue weighted by Crippen LogP contribution is -2.30. The molecule has 37 heavy (non-hydrogen) atoms. The Morgan fingerprint density at radius 2 is 1.86 bits per heavy atom. The topological polar surface area (TPSA) is 105 Å². The number of hydrogen-bond donors (Lipinski definition) is 3. The highest BCUT2D eigenvalue weighted by Crippen LogP contribution is 2.46. The van der Waals surface area contributed by atoms with Crippen LogP contribution in [0.25, 0.3) is 11.0 Å². The molecule has 198 valence electrons. The number of amides is 1. The molecule has 2 aromatic carbocycles. The highest BCUT2D eigenvalue weighted by molar-refractivity contribution is 5.99. The summed E-state index contributed by atoms with van der Waals surface area (Å²) < 4.78 is 43.6. The van der Waals surface area contributed by atoms with Crippen molar-refractivity contribution in [2.45, 2.75) is 52.4 Å². The number of carboxylic acids is 1. The van der Waals surface area contributed by atoms with Gasteiger partial charge in [-0.3, -0.25) is 9.59 Å². The Balaban J connectivity index is 1.71. The second-order valence-electron chi connectivity index (χ2n) is 10.3. The van der Waals surface area contributed by atoms with Gasteiger partial charge >= 0.3 is 12.3 Å². The van der Waals surface area contributed by atoms with Gasteiger partial charge in [0.25, 0.3) is 5.91 Å². The third-order valence-electron chi connectivity index (χ3n) is 6.42. The van der Waals surface area contributed by atoms with Crippen molar-refractivity contribution >= 4 is 34.5 Å². The molecule has 0 spiro atoms. The van der Waals surface area contributed by atoms with Gasteiger partial charge in [-0.2, -0.15) is 0 Å². The van der Waals surface area contributed by atoms with Gasteiger partial charge < -0.3 is 25.0 Å². The number of fused-ring (bicyclic) bond motifs is 1. The number of ether oxygens (including phenoxy) is 1. The molecule has 0 radical (unpaired) electrons. The quantitative estimate of drug-likeness (QED) is 0.361. The predicted octanol–water partition coefficient (Wildman–Crippen LogP) is 5.88. The lowest BCUT2D eigenvalue weighted by molar-refractivity contribution is -0.274. The fourth-order valence-electron chi connectivity index (χ4n) is 5.32. The van der Waals surface area contributed by atoms with E-state index in [0.717, 1.165) is 24.8 Å². The smallest absolute Gasteiger partial charge is 0.480 e. The molecule has 11 heteroatoms. The minimum atomic E-state index is -4.78. The number of carboxylic acid groups (broad SMARTS) is 1. The third-order valence-corrected chi connectivity index (χ3v) is 6.42. The summed E-state index contributed by atoms with van der Waals surface area (Å²) in [6.07, 6.45) is -1.87. The first-order valence-electron chi connectivity index (χ1n) is 11.9. The maximum Gasteiger partial charge on any atom is 0.573 e. The minimum absolute atomic E-state index is 0.101. The van der Waals surface area contributed by atoms with Crippen LogP contribution in [-0.2, 0) is 4.79 Å². The molecule has 3 aromatic rings. The Kier molecular flexibility index (Phi) is 7.07. The Labute approximate surface area is 211 Å². The van der Waals surface area contributed by atoms with Gasteiger partial charge in [-0.15, -0.1) is 13.2 Å². The van der Waals surface area contributed by atoms with Crippen molar-refractivity contribution in [2.75, 3.05) is 11.9 Å². The monoisotopic (exact) mass is 518 g/mol. The van der Waals surface area contributed by atoms with E-state index >= 15 is 0 Å². The van der Waals surface area contributed by atoms with E-state index in [1.54, 1.807) is 18.2 Å². The Bertz CT molecular complexity index is 1300. The summed E-state index contributed by atoms with van der Waals surface area (Å²) in [5.41, 5.74) is 2.23. The summed E-state index contributed by atoms with van der Waals surface area (Å²) in [7, 11) is 0. The predicted molar refractivity (Wildman–Crippen MR) is 132 cm³/mol. The molecule has 1 aromatic heterocycles. The van der Waals surface area contributed by atoms with Crippen molar-refractivity contribution in [3.63, 3.8) is 0 Å². The average Bonchev–Trinajstić information content (AvgIpc) is 3.13. The van der Waals surface area contributed by atoms with Crippen LogP contribution in [-0.4, -0.2) is 39.4 Å². The number of nitrogens with zero attached hydrogens (tertiary/aromatic N) is 2. The highest BCUT2D eigenvalue weighted by Gasteiger charge is 2.35. The standard InChI is InChI=1S/C26H29F3N4O4/c1-15-10-18(13-25(2,3)12-15)33-21-9-4-16(23(36)30-14-22(34)35)11-20(21)32-24(33)31-17-5-7-19(8-6-17)37-26(27,28)29/h4-9,11,15,18H,10,12-14H2,1-3H3,(H,30,36)(H,31,32)(H,34,35)/t15-,18+/m1/s1. The first-order valence-corrected chi connectivity index (χ1v) is 11.9. The molecule has 0 aliphatic heterocycles. The number of benzene rings is 2. The van der Waals surface area contributed by atoms with Crippen LogP contribution in [0.5, 0.6) is 5.75 Å². The van der Waals surface area contributed by atoms with Gasteiger partial charge in [-0.1, -0.05) is 20.8 Å². The summed E-state index contributed by atoms with van der Waals surface area (Å²) in [4.78, 5) is 28.0. The molecule has 1 aliphatic carbocycles. The summed E-state index contributed by atoms with van der Waals surface area (Å²) in [5.74, 6) is -1.03. The van der Waals surface area contributed by atoms with E-state index in [2.05, 4.69) is 40.7 Å². The summed E-state index contributed by atoms with van der Waals surface area (Å²) in [5, 5.41) is 14.4. The molecule has 2 atom stereocenters. The van der Waals surface area contributed by atoms with Crippen LogP contribution in [0.1, 0.15) is 56.4 Å². The molecule has 8 nitrogen and oxygen atoms in total. The number of hydrogen-bond acceptors (Lipinski definition) is 5. The number of aliphatic carboxylic acids is 1. The Hall–Kier alpha value is -3.76. The molecule has 1 saturated carbocycles. The number of carbonyl (C=O) groups excluding carboxylic acids is 1. The number of alkyl halides is 3. The fourth-order valence-corrected chi connectivity index (χ4v) is 5.32. The van der Waals surface area contributed by atoms with E-state index in [1.807, 2.05) is 0 Å². The zero-order valence-corrected chi connectivity index (χ0v) is 20.7. The first-order chi connectivity index (χ1) is 17.3. The Morgan fingerprint density at radius 1 is 1.16 bits per heavy atom. The molecule has 0 saturated heterocycles. The summed E-state index contributed by atoms with van der Waals surface area (Å²) in [6, 6.07) is 10.5. The van der Waals surface area contributed by atoms with Gasteiger partial charge in [-0.25, -0.2) is 4.98 Å². The van der Waals surface area contributed by atoms with Crippen LogP contribution >= 0.6 is 0 Å². The Morgan fingerprint density at radius 3 is 2.49 bits per heavy atom. The van der Waals surface area contributed by atoms with Crippen LogP contribution in [0.2, 0.25) is 0 Å². The maximum absolute atomic E-state index is 12.5. The second kappa shape index (κ2) is 9.95. The molecule has 4 rings (SSSR count). The second-order valence-corrected chi connectivity index (χ2v) is 10.3. The van der Waals surface area contributed by atoms with E-state index in [4.69, 9.17) is 10.1 Å². The van der Waals surface area contributed by atoms with Gasteiger partial charge in [0.15, 0.2) is 0 Å². The molecule has 0 bridgehead atoms. The number of nitrogens with one attached hydrogen (secondary N) is 2. The normalized spacial score (nSPS) is 19.4.